The summed E-state index contributed by atoms with van der Waals surface area (Å²) in [5, 5.41) is 2.66. The van der Waals surface area contributed by atoms with Crippen molar-refractivity contribution < 1.29 is 31.9 Å². The number of ether oxygens (including phenoxy) is 1. The van der Waals surface area contributed by atoms with Gasteiger partial charge in [-0.05, 0) is 56.2 Å². The van der Waals surface area contributed by atoms with Crippen molar-refractivity contribution in [1.82, 2.24) is 5.32 Å². The van der Waals surface area contributed by atoms with E-state index < -0.39 is 35.0 Å². The minimum Gasteiger partial charge on any atom is -0.462 e. The lowest BCUT2D eigenvalue weighted by molar-refractivity contribution is -0.138. The average Bonchev–Trinajstić information content (AvgIpc) is 2.79. The minimum atomic E-state index is -4.70. The highest BCUT2D eigenvalue weighted by molar-refractivity contribution is 5.98. The maximum Gasteiger partial charge on any atom is 0.417 e. The van der Waals surface area contributed by atoms with Crippen LogP contribution >= 0.6 is 0 Å². The molecular formula is C26H26F4N2O3. The lowest BCUT2D eigenvalue weighted by Gasteiger charge is -2.30. The lowest BCUT2D eigenvalue weighted by atomic mass is 9.94. The molecule has 0 bridgehead atoms. The van der Waals surface area contributed by atoms with Gasteiger partial charge >= 0.3 is 12.1 Å². The number of halogens is 4. The van der Waals surface area contributed by atoms with Gasteiger partial charge in [-0.1, -0.05) is 25.1 Å². The quantitative estimate of drug-likeness (QED) is 0.398. The standard InChI is InChI=1S/C26H26F4N2O3/c1-5-35-25(34)17-12-13-20(19(27)14-17)32(4)21-11-7-9-16(3)23(21)31-24(33)22-15(2)8-6-10-18(22)26(28,29)30/h6-8,10-14,16H,5,9H2,1-4H3,(H,31,33). The average molecular weight is 490 g/mol. The molecule has 2 aromatic carbocycles. The predicted octanol–water partition coefficient (Wildman–Crippen LogP) is 6.00. The Kier molecular flexibility index (Phi) is 7.67. The lowest BCUT2D eigenvalue weighted by Crippen LogP contribution is -2.34. The summed E-state index contributed by atoms with van der Waals surface area (Å²) in [5.74, 6) is -2.49. The van der Waals surface area contributed by atoms with Gasteiger partial charge in [-0.2, -0.15) is 13.2 Å². The third-order valence-corrected chi connectivity index (χ3v) is 5.77. The van der Waals surface area contributed by atoms with Crippen LogP contribution < -0.4 is 10.2 Å². The molecule has 0 heterocycles. The molecule has 35 heavy (non-hydrogen) atoms. The van der Waals surface area contributed by atoms with E-state index in [4.69, 9.17) is 4.74 Å². The van der Waals surface area contributed by atoms with E-state index in [0.717, 1.165) is 12.1 Å². The molecule has 1 unspecified atom stereocenters. The van der Waals surface area contributed by atoms with E-state index in [1.807, 2.05) is 13.0 Å². The van der Waals surface area contributed by atoms with Gasteiger partial charge in [-0.15, -0.1) is 0 Å². The number of rotatable bonds is 6. The van der Waals surface area contributed by atoms with Gasteiger partial charge in [0.1, 0.15) is 5.82 Å². The summed E-state index contributed by atoms with van der Waals surface area (Å²) in [7, 11) is 1.57. The molecule has 0 radical (unpaired) electrons. The fourth-order valence-electron chi connectivity index (χ4n) is 3.96. The van der Waals surface area contributed by atoms with Crippen molar-refractivity contribution >= 4 is 17.6 Å². The van der Waals surface area contributed by atoms with Crippen molar-refractivity contribution in [2.75, 3.05) is 18.6 Å². The topological polar surface area (TPSA) is 58.6 Å². The SMILES string of the molecule is CCOC(=O)c1ccc(N(C)C2=C(NC(=O)c3c(C)cccc3C(F)(F)F)C(C)CC=C2)c(F)c1. The van der Waals surface area contributed by atoms with Gasteiger partial charge < -0.3 is 15.0 Å². The monoisotopic (exact) mass is 490 g/mol. The van der Waals surface area contributed by atoms with E-state index >= 15 is 0 Å². The Hall–Kier alpha value is -3.62. The number of hydrogen-bond donors (Lipinski definition) is 1. The van der Waals surface area contributed by atoms with Crippen molar-refractivity contribution in [1.29, 1.82) is 0 Å². The molecule has 0 spiro atoms. The van der Waals surface area contributed by atoms with Crippen molar-refractivity contribution in [3.05, 3.63) is 88.0 Å². The molecule has 0 aliphatic heterocycles. The number of esters is 1. The number of nitrogens with zero attached hydrogens (tertiary/aromatic N) is 1. The van der Waals surface area contributed by atoms with Gasteiger partial charge in [0.05, 0.1) is 34.7 Å². The number of aryl methyl sites for hydroxylation is 1. The zero-order valence-electron chi connectivity index (χ0n) is 19.8. The molecule has 5 nitrogen and oxygen atoms in total. The number of carbonyl (C=O) groups is 2. The number of hydrogen-bond acceptors (Lipinski definition) is 4. The minimum absolute atomic E-state index is 0.0517. The number of anilines is 1. The number of carbonyl (C=O) groups excluding carboxylic acids is 2. The molecule has 1 N–H and O–H groups in total. The van der Waals surface area contributed by atoms with Crippen LogP contribution in [0.1, 0.15) is 52.1 Å². The molecule has 2 aromatic rings. The molecule has 1 atom stereocenters. The fourth-order valence-corrected chi connectivity index (χ4v) is 3.96. The molecule has 1 aliphatic rings. The van der Waals surface area contributed by atoms with Crippen molar-refractivity contribution in [3.8, 4) is 0 Å². The van der Waals surface area contributed by atoms with Crippen LogP contribution in [0, 0.1) is 18.7 Å². The van der Waals surface area contributed by atoms with Crippen LogP contribution in [0.3, 0.4) is 0 Å². The van der Waals surface area contributed by atoms with Crippen molar-refractivity contribution in [2.45, 2.75) is 33.4 Å². The highest BCUT2D eigenvalue weighted by Crippen LogP contribution is 2.35. The van der Waals surface area contributed by atoms with Crippen molar-refractivity contribution in [2.24, 2.45) is 5.92 Å². The summed E-state index contributed by atoms with van der Waals surface area (Å²) in [6.07, 6.45) is -0.644. The van der Waals surface area contributed by atoms with E-state index in [0.29, 0.717) is 17.8 Å². The second-order valence-corrected chi connectivity index (χ2v) is 8.23. The molecule has 1 aliphatic carbocycles. The fraction of sp³-hybridized carbons (Fsp3) is 0.308. The third kappa shape index (κ3) is 5.55. The molecule has 3 rings (SSSR count). The first-order valence-electron chi connectivity index (χ1n) is 11.0. The van der Waals surface area contributed by atoms with Gasteiger partial charge in [0, 0.05) is 18.7 Å². The first kappa shape index (κ1) is 26.0. The summed E-state index contributed by atoms with van der Waals surface area (Å²) < 4.78 is 60.5. The molecule has 0 fully saturated rings. The number of nitrogens with one attached hydrogen (secondary N) is 1. The molecule has 0 saturated heterocycles. The Bertz CT molecular complexity index is 1200. The van der Waals surface area contributed by atoms with Gasteiger partial charge in [0.2, 0.25) is 0 Å². The predicted molar refractivity (Wildman–Crippen MR) is 124 cm³/mol. The van der Waals surface area contributed by atoms with Crippen LogP contribution in [0.2, 0.25) is 0 Å². The summed E-state index contributed by atoms with van der Waals surface area (Å²) in [5.41, 5.74) is -0.341. The highest BCUT2D eigenvalue weighted by atomic mass is 19.4. The molecule has 0 saturated carbocycles. The molecule has 0 aromatic heterocycles. The number of likely N-dealkylation sites (N-methyl/N-ethyl adjacent to an activating group) is 1. The molecule has 9 heteroatoms. The molecular weight excluding hydrogens is 464 g/mol. The first-order valence-corrected chi connectivity index (χ1v) is 11.0. The van der Waals surface area contributed by atoms with Crippen LogP contribution in [0.25, 0.3) is 0 Å². The van der Waals surface area contributed by atoms with Crippen LogP contribution in [0.5, 0.6) is 0 Å². The first-order chi connectivity index (χ1) is 16.5. The van der Waals surface area contributed by atoms with Crippen LogP contribution in [-0.2, 0) is 10.9 Å². The van der Waals surface area contributed by atoms with E-state index in [2.05, 4.69) is 5.32 Å². The van der Waals surface area contributed by atoms with Crippen molar-refractivity contribution in [3.63, 3.8) is 0 Å². The Morgan fingerprint density at radius 1 is 1.20 bits per heavy atom. The molecule has 1 amide bonds. The molecule has 186 valence electrons. The van der Waals surface area contributed by atoms with Gasteiger partial charge in [0.25, 0.3) is 5.91 Å². The Morgan fingerprint density at radius 3 is 2.54 bits per heavy atom. The summed E-state index contributed by atoms with van der Waals surface area (Å²) >= 11 is 0. The Balaban J connectivity index is 2.00. The summed E-state index contributed by atoms with van der Waals surface area (Å²) in [6.45, 7) is 5.05. The number of amides is 1. The van der Waals surface area contributed by atoms with Gasteiger partial charge in [0.15, 0.2) is 0 Å². The zero-order valence-corrected chi connectivity index (χ0v) is 19.8. The van der Waals surface area contributed by atoms with Crippen LogP contribution in [0.15, 0.2) is 59.9 Å². The van der Waals surface area contributed by atoms with E-state index in [1.54, 1.807) is 20.0 Å². The normalized spacial score (nSPS) is 15.7. The maximum absolute atomic E-state index is 14.9. The summed E-state index contributed by atoms with van der Waals surface area (Å²) in [4.78, 5) is 26.5. The summed E-state index contributed by atoms with van der Waals surface area (Å²) in [6, 6.07) is 7.45. The maximum atomic E-state index is 14.9. The van der Waals surface area contributed by atoms with Gasteiger partial charge in [-0.25, -0.2) is 9.18 Å². The number of alkyl halides is 3. The largest absolute Gasteiger partial charge is 0.462 e. The zero-order chi connectivity index (χ0) is 25.9. The second-order valence-electron chi connectivity index (χ2n) is 8.23. The van der Waals surface area contributed by atoms with Gasteiger partial charge in [-0.3, -0.25) is 4.79 Å². The van der Waals surface area contributed by atoms with Crippen LogP contribution in [0.4, 0.5) is 23.2 Å². The number of benzene rings is 2. The second kappa shape index (κ2) is 10.3. The van der Waals surface area contributed by atoms with E-state index in [-0.39, 0.29) is 29.3 Å². The Labute approximate surface area is 201 Å². The van der Waals surface area contributed by atoms with E-state index in [9.17, 15) is 27.2 Å². The smallest absolute Gasteiger partial charge is 0.417 e. The van der Waals surface area contributed by atoms with E-state index in [1.165, 1.54) is 36.1 Å². The van der Waals surface area contributed by atoms with Crippen LogP contribution in [-0.4, -0.2) is 25.5 Å². The highest BCUT2D eigenvalue weighted by Gasteiger charge is 2.36. The third-order valence-electron chi connectivity index (χ3n) is 5.77. The Morgan fingerprint density at radius 2 is 1.91 bits per heavy atom. The number of allylic oxidation sites excluding steroid dienone is 3.